The molecule has 0 aromatic rings. The number of hydrogen-bond acceptors (Lipinski definition) is 6. The number of hydrogen-bond donors (Lipinski definition) is 5. The van der Waals surface area contributed by atoms with Crippen molar-refractivity contribution in [2.24, 2.45) is 0 Å². The van der Waals surface area contributed by atoms with Crippen molar-refractivity contribution in [3.63, 3.8) is 0 Å². The fourth-order valence-corrected chi connectivity index (χ4v) is 0.468. The summed E-state index contributed by atoms with van der Waals surface area (Å²) in [6, 6.07) is 0. The number of hydroxylamine groups is 1. The van der Waals surface area contributed by atoms with Gasteiger partial charge in [0.15, 0.2) is 6.61 Å². The molecule has 0 aliphatic heterocycles. The molecule has 0 bridgehead atoms. The lowest BCUT2D eigenvalue weighted by Gasteiger charge is -2.00. The lowest BCUT2D eigenvalue weighted by Crippen LogP contribution is -2.23. The molecule has 0 atom stereocenters. The van der Waals surface area contributed by atoms with Gasteiger partial charge in [-0.2, -0.15) is 14.7 Å². The van der Waals surface area contributed by atoms with Crippen LogP contribution in [0.3, 0.4) is 0 Å². The first-order chi connectivity index (χ1) is 4.45. The second-order valence-electron chi connectivity index (χ2n) is 1.32. The molecule has 8 heteroatoms. The summed E-state index contributed by atoms with van der Waals surface area (Å²) >= 11 is 0. The second-order valence-corrected chi connectivity index (χ2v) is 2.61. The Kier molecular flexibility index (Phi) is 3.66. The Morgan fingerprint density at radius 3 is 2.30 bits per heavy atom. The fourth-order valence-electron chi connectivity index (χ4n) is 0.178. The summed E-state index contributed by atoms with van der Waals surface area (Å²) in [5, 5.41) is 7.82. The smallest absolute Gasteiger partial charge is 0.289 e. The van der Waals surface area contributed by atoms with Crippen molar-refractivity contribution in [3.05, 3.63) is 0 Å². The molecular weight excluding hydrogens is 165 g/mol. The van der Waals surface area contributed by atoms with Crippen molar-refractivity contribution in [1.82, 2.24) is 5.48 Å². The van der Waals surface area contributed by atoms with Crippen LogP contribution in [-0.2, 0) is 9.32 Å². The maximum absolute atomic E-state index is 10.1. The molecule has 0 saturated heterocycles. The van der Waals surface area contributed by atoms with Crippen LogP contribution in [0.25, 0.3) is 0 Å². The zero-order valence-electron chi connectivity index (χ0n) is 4.76. The van der Waals surface area contributed by atoms with E-state index < -0.39 is 20.7 Å². The predicted molar refractivity (Wildman–Crippen MR) is 29.5 cm³/mol. The standard InChI is InChI=1S/C2H6NO6P/c4-2(3-5)1-9-10(6,7)8/h6-8H,1H2,(H-,3,4,5)/p+1. The third-order valence-electron chi connectivity index (χ3n) is 0.494. The highest BCUT2D eigenvalue weighted by molar-refractivity contribution is 7.53. The van der Waals surface area contributed by atoms with E-state index in [-0.39, 0.29) is 0 Å². The Labute approximate surface area is 56.5 Å². The third-order valence-corrected chi connectivity index (χ3v) is 0.969. The van der Waals surface area contributed by atoms with E-state index in [2.05, 4.69) is 4.52 Å². The van der Waals surface area contributed by atoms with Gasteiger partial charge < -0.3 is 0 Å². The first-order valence-electron chi connectivity index (χ1n) is 2.10. The molecule has 5 N–H and O–H groups in total. The Balaban J connectivity index is 3.46. The minimum absolute atomic E-state index is 0.812. The first-order valence-corrected chi connectivity index (χ1v) is 3.67. The van der Waals surface area contributed by atoms with Crippen molar-refractivity contribution in [1.29, 1.82) is 0 Å². The van der Waals surface area contributed by atoms with Crippen LogP contribution in [0.5, 0.6) is 0 Å². The summed E-state index contributed by atoms with van der Waals surface area (Å²) in [7, 11) is -4.35. The zero-order chi connectivity index (χ0) is 8.20. The Morgan fingerprint density at radius 1 is 1.50 bits per heavy atom. The average molecular weight is 172 g/mol. The maximum Gasteiger partial charge on any atom is 0.567 e. The zero-order valence-corrected chi connectivity index (χ0v) is 5.65. The molecule has 0 aromatic heterocycles. The molecule has 0 unspecified atom stereocenters. The molecule has 0 rings (SSSR count). The lowest BCUT2D eigenvalue weighted by atomic mass is 10.7. The highest BCUT2D eigenvalue weighted by Crippen LogP contribution is 2.45. The molecule has 0 heterocycles. The van der Waals surface area contributed by atoms with Crippen LogP contribution >= 0.6 is 8.17 Å². The number of carbonyl (C=O) groups excluding carboxylic acids is 1. The van der Waals surface area contributed by atoms with Gasteiger partial charge in [0.1, 0.15) is 0 Å². The Bertz CT molecular complexity index is 119. The number of amides is 1. The van der Waals surface area contributed by atoms with Crippen molar-refractivity contribution >= 4 is 14.1 Å². The van der Waals surface area contributed by atoms with E-state index in [0.717, 1.165) is 5.48 Å². The third kappa shape index (κ3) is 5.83. The normalized spacial score (nSPS) is 11.2. The molecule has 1 amide bonds. The monoisotopic (exact) mass is 172 g/mol. The van der Waals surface area contributed by atoms with Gasteiger partial charge in [-0.25, -0.2) is 5.48 Å². The highest BCUT2D eigenvalue weighted by Gasteiger charge is 2.33. The molecule has 0 radical (unpaired) electrons. The van der Waals surface area contributed by atoms with Gasteiger partial charge in [0.2, 0.25) is 0 Å². The van der Waals surface area contributed by atoms with E-state index in [1.165, 1.54) is 0 Å². The van der Waals surface area contributed by atoms with E-state index in [4.69, 9.17) is 19.9 Å². The van der Waals surface area contributed by atoms with Gasteiger partial charge in [-0.3, -0.25) is 10.0 Å². The fraction of sp³-hybridized carbons (Fsp3) is 0.500. The van der Waals surface area contributed by atoms with E-state index >= 15 is 0 Å². The minimum atomic E-state index is -4.35. The van der Waals surface area contributed by atoms with Gasteiger partial charge in [0, 0.05) is 0 Å². The van der Waals surface area contributed by atoms with Gasteiger partial charge in [-0.15, -0.1) is 4.52 Å². The van der Waals surface area contributed by atoms with E-state index in [1.54, 1.807) is 0 Å². The second kappa shape index (κ2) is 3.77. The van der Waals surface area contributed by atoms with Gasteiger partial charge >= 0.3 is 8.17 Å². The highest BCUT2D eigenvalue weighted by atomic mass is 31.2. The molecular formula is C2H7NO6P+. The molecule has 0 aromatic carbocycles. The summed E-state index contributed by atoms with van der Waals surface area (Å²) in [6.07, 6.45) is 0. The maximum atomic E-state index is 10.1. The molecule has 0 spiro atoms. The molecule has 0 fully saturated rings. The van der Waals surface area contributed by atoms with Crippen molar-refractivity contribution in [2.75, 3.05) is 6.61 Å². The summed E-state index contributed by atoms with van der Waals surface area (Å²) in [5.41, 5.74) is 1.16. The minimum Gasteiger partial charge on any atom is -0.289 e. The molecule has 0 aliphatic rings. The SMILES string of the molecule is O=C(CO[P+](O)(O)O)NO. The van der Waals surface area contributed by atoms with Crippen LogP contribution in [0, 0.1) is 0 Å². The summed E-state index contributed by atoms with van der Waals surface area (Å²) in [4.78, 5) is 34.4. The van der Waals surface area contributed by atoms with Crippen LogP contribution in [-0.4, -0.2) is 32.4 Å². The predicted octanol–water partition coefficient (Wildman–Crippen LogP) is -1.84. The van der Waals surface area contributed by atoms with Gasteiger partial charge in [0.05, 0.1) is 0 Å². The molecule has 7 nitrogen and oxygen atoms in total. The topological polar surface area (TPSA) is 119 Å². The van der Waals surface area contributed by atoms with Gasteiger partial charge in [-0.1, -0.05) is 0 Å². The Morgan fingerprint density at radius 2 is 2.00 bits per heavy atom. The van der Waals surface area contributed by atoms with E-state index in [1.807, 2.05) is 0 Å². The molecule has 0 saturated carbocycles. The Hall–Kier alpha value is -0.300. The van der Waals surface area contributed by atoms with Crippen LogP contribution in [0.1, 0.15) is 0 Å². The lowest BCUT2D eigenvalue weighted by molar-refractivity contribution is -0.132. The van der Waals surface area contributed by atoms with Crippen LogP contribution < -0.4 is 5.48 Å². The molecule has 60 valence electrons. The average Bonchev–Trinajstić information content (AvgIpc) is 1.81. The van der Waals surface area contributed by atoms with Crippen molar-refractivity contribution in [2.45, 2.75) is 0 Å². The van der Waals surface area contributed by atoms with Crippen LogP contribution in [0.2, 0.25) is 0 Å². The van der Waals surface area contributed by atoms with Crippen molar-refractivity contribution < 1.29 is 29.2 Å². The largest absolute Gasteiger partial charge is 0.567 e. The number of carbonyl (C=O) groups is 1. The van der Waals surface area contributed by atoms with Crippen LogP contribution in [0.4, 0.5) is 0 Å². The van der Waals surface area contributed by atoms with Gasteiger partial charge in [-0.05, 0) is 0 Å². The van der Waals surface area contributed by atoms with E-state index in [0.29, 0.717) is 0 Å². The van der Waals surface area contributed by atoms with Crippen molar-refractivity contribution in [3.8, 4) is 0 Å². The molecule has 10 heavy (non-hydrogen) atoms. The first kappa shape index (κ1) is 9.70. The molecule has 0 aliphatic carbocycles. The number of rotatable bonds is 3. The van der Waals surface area contributed by atoms with E-state index in [9.17, 15) is 4.79 Å². The van der Waals surface area contributed by atoms with Gasteiger partial charge in [0.25, 0.3) is 5.91 Å². The quantitative estimate of drug-likeness (QED) is 0.194. The number of nitrogens with one attached hydrogen (secondary N) is 1. The summed E-state index contributed by atoms with van der Waals surface area (Å²) < 4.78 is 3.79. The van der Waals surface area contributed by atoms with Crippen LogP contribution in [0.15, 0.2) is 0 Å². The summed E-state index contributed by atoms with van der Waals surface area (Å²) in [5.74, 6) is -0.985. The summed E-state index contributed by atoms with van der Waals surface area (Å²) in [6.45, 7) is -0.812.